The molecule has 1 heterocycles. The van der Waals surface area contributed by atoms with Gasteiger partial charge in [0.2, 0.25) is 5.95 Å². The molecule has 0 saturated heterocycles. The van der Waals surface area contributed by atoms with Crippen LogP contribution in [0.25, 0.3) is 11.1 Å². The number of anilines is 1. The molecule has 0 aliphatic carbocycles. The van der Waals surface area contributed by atoms with E-state index in [1.807, 2.05) is 0 Å². The maximum Gasteiger partial charge on any atom is 0.416 e. The normalized spacial score (nSPS) is 11.3. The lowest BCUT2D eigenvalue weighted by atomic mass is 10.1. The second-order valence-electron chi connectivity index (χ2n) is 3.62. The van der Waals surface area contributed by atoms with Crippen LogP contribution in [0.1, 0.15) is 5.56 Å². The summed E-state index contributed by atoms with van der Waals surface area (Å²) >= 11 is 0. The first kappa shape index (κ1) is 12.3. The summed E-state index contributed by atoms with van der Waals surface area (Å²) in [6, 6.07) is 4.89. The van der Waals surface area contributed by atoms with E-state index in [1.165, 1.54) is 12.1 Å². The van der Waals surface area contributed by atoms with Gasteiger partial charge in [0.1, 0.15) is 0 Å². The van der Waals surface area contributed by atoms with E-state index in [2.05, 4.69) is 15.3 Å². The van der Waals surface area contributed by atoms with E-state index in [-0.39, 0.29) is 0 Å². The van der Waals surface area contributed by atoms with E-state index in [1.54, 1.807) is 19.4 Å². The Morgan fingerprint density at radius 1 is 0.944 bits per heavy atom. The minimum atomic E-state index is -4.31. The van der Waals surface area contributed by atoms with Crippen LogP contribution in [0.4, 0.5) is 19.1 Å². The standard InChI is InChI=1S/C12H10F3N3/c1-16-11-17-6-9(7-18-11)8-2-4-10(5-3-8)12(13,14)15/h2-7H,1H3,(H,16,17,18). The average Bonchev–Trinajstić information content (AvgIpc) is 2.38. The summed E-state index contributed by atoms with van der Waals surface area (Å²) in [5, 5.41) is 2.76. The molecule has 0 aliphatic heterocycles. The number of hydrogen-bond donors (Lipinski definition) is 1. The third kappa shape index (κ3) is 2.58. The van der Waals surface area contributed by atoms with Crippen LogP contribution in [0, 0.1) is 0 Å². The van der Waals surface area contributed by atoms with Gasteiger partial charge < -0.3 is 5.32 Å². The van der Waals surface area contributed by atoms with Crippen LogP contribution in [0.15, 0.2) is 36.7 Å². The van der Waals surface area contributed by atoms with E-state index < -0.39 is 11.7 Å². The van der Waals surface area contributed by atoms with Crippen molar-refractivity contribution in [3.63, 3.8) is 0 Å². The molecule has 0 atom stereocenters. The summed E-state index contributed by atoms with van der Waals surface area (Å²) < 4.78 is 37.2. The summed E-state index contributed by atoms with van der Waals surface area (Å²) in [6.07, 6.45) is -1.20. The van der Waals surface area contributed by atoms with Crippen LogP contribution < -0.4 is 5.32 Å². The van der Waals surface area contributed by atoms with Crippen LogP contribution in [0.3, 0.4) is 0 Å². The number of halogens is 3. The molecule has 1 N–H and O–H groups in total. The lowest BCUT2D eigenvalue weighted by molar-refractivity contribution is -0.137. The molecule has 0 radical (unpaired) electrons. The Bertz CT molecular complexity index is 518. The number of nitrogens with zero attached hydrogens (tertiary/aromatic N) is 2. The molecule has 2 rings (SSSR count). The second-order valence-corrected chi connectivity index (χ2v) is 3.62. The number of benzene rings is 1. The summed E-state index contributed by atoms with van der Waals surface area (Å²) in [5.41, 5.74) is 0.646. The Hall–Kier alpha value is -2.11. The van der Waals surface area contributed by atoms with Gasteiger partial charge in [-0.25, -0.2) is 9.97 Å². The lowest BCUT2D eigenvalue weighted by Crippen LogP contribution is -2.04. The number of nitrogens with one attached hydrogen (secondary N) is 1. The molecular weight excluding hydrogens is 243 g/mol. The quantitative estimate of drug-likeness (QED) is 0.893. The summed E-state index contributed by atoms with van der Waals surface area (Å²) in [6.45, 7) is 0. The van der Waals surface area contributed by atoms with E-state index in [0.29, 0.717) is 17.1 Å². The minimum absolute atomic E-state index is 0.464. The molecule has 18 heavy (non-hydrogen) atoms. The van der Waals surface area contributed by atoms with Crippen molar-refractivity contribution in [3.05, 3.63) is 42.2 Å². The Labute approximate surface area is 102 Å². The van der Waals surface area contributed by atoms with Crippen LogP contribution in [-0.2, 0) is 6.18 Å². The molecule has 0 amide bonds. The zero-order chi connectivity index (χ0) is 13.2. The molecule has 1 aromatic heterocycles. The number of aromatic nitrogens is 2. The molecule has 0 spiro atoms. The zero-order valence-corrected chi connectivity index (χ0v) is 9.49. The zero-order valence-electron chi connectivity index (χ0n) is 9.49. The van der Waals surface area contributed by atoms with Gasteiger partial charge in [-0.3, -0.25) is 0 Å². The van der Waals surface area contributed by atoms with Crippen LogP contribution in [0.2, 0.25) is 0 Å². The second kappa shape index (κ2) is 4.64. The first-order valence-corrected chi connectivity index (χ1v) is 5.18. The highest BCUT2D eigenvalue weighted by Gasteiger charge is 2.29. The largest absolute Gasteiger partial charge is 0.416 e. The van der Waals surface area contributed by atoms with Gasteiger partial charge in [0.25, 0.3) is 0 Å². The Morgan fingerprint density at radius 2 is 1.50 bits per heavy atom. The van der Waals surface area contributed by atoms with Gasteiger partial charge in [0.15, 0.2) is 0 Å². The maximum atomic E-state index is 12.4. The van der Waals surface area contributed by atoms with Gasteiger partial charge >= 0.3 is 6.18 Å². The van der Waals surface area contributed by atoms with Gasteiger partial charge in [0.05, 0.1) is 5.56 Å². The fourth-order valence-electron chi connectivity index (χ4n) is 1.46. The van der Waals surface area contributed by atoms with Gasteiger partial charge in [0, 0.05) is 25.0 Å². The fraction of sp³-hybridized carbons (Fsp3) is 0.167. The number of hydrogen-bond acceptors (Lipinski definition) is 3. The van der Waals surface area contributed by atoms with Crippen molar-refractivity contribution in [2.24, 2.45) is 0 Å². The van der Waals surface area contributed by atoms with Crippen LogP contribution >= 0.6 is 0 Å². The summed E-state index contributed by atoms with van der Waals surface area (Å²) in [4.78, 5) is 8.00. The molecule has 0 fully saturated rings. The summed E-state index contributed by atoms with van der Waals surface area (Å²) in [5.74, 6) is 0.464. The predicted molar refractivity (Wildman–Crippen MR) is 62.0 cm³/mol. The molecule has 6 heteroatoms. The van der Waals surface area contributed by atoms with Crippen LogP contribution in [-0.4, -0.2) is 17.0 Å². The molecule has 3 nitrogen and oxygen atoms in total. The van der Waals surface area contributed by atoms with Crippen molar-refractivity contribution in [2.45, 2.75) is 6.18 Å². The van der Waals surface area contributed by atoms with Gasteiger partial charge in [-0.15, -0.1) is 0 Å². The number of alkyl halides is 3. The van der Waals surface area contributed by atoms with Crippen molar-refractivity contribution in [1.29, 1.82) is 0 Å². The molecule has 1 aromatic carbocycles. The van der Waals surface area contributed by atoms with E-state index >= 15 is 0 Å². The van der Waals surface area contributed by atoms with E-state index in [0.717, 1.165) is 12.1 Å². The topological polar surface area (TPSA) is 37.8 Å². The highest BCUT2D eigenvalue weighted by atomic mass is 19.4. The van der Waals surface area contributed by atoms with Crippen LogP contribution in [0.5, 0.6) is 0 Å². The van der Waals surface area contributed by atoms with Gasteiger partial charge in [-0.05, 0) is 17.7 Å². The Morgan fingerprint density at radius 3 is 1.94 bits per heavy atom. The van der Waals surface area contributed by atoms with E-state index in [4.69, 9.17) is 0 Å². The third-order valence-electron chi connectivity index (χ3n) is 2.42. The number of rotatable bonds is 2. The van der Waals surface area contributed by atoms with Crippen molar-refractivity contribution in [3.8, 4) is 11.1 Å². The molecular formula is C12H10F3N3. The third-order valence-corrected chi connectivity index (χ3v) is 2.42. The Kier molecular flexibility index (Phi) is 3.18. The first-order valence-electron chi connectivity index (χ1n) is 5.18. The molecule has 0 unspecified atom stereocenters. The SMILES string of the molecule is CNc1ncc(-c2ccc(C(F)(F)F)cc2)cn1. The highest BCUT2D eigenvalue weighted by Crippen LogP contribution is 2.30. The Balaban J connectivity index is 2.28. The smallest absolute Gasteiger partial charge is 0.357 e. The summed E-state index contributed by atoms with van der Waals surface area (Å²) in [7, 11) is 1.69. The van der Waals surface area contributed by atoms with Crippen molar-refractivity contribution in [1.82, 2.24) is 9.97 Å². The van der Waals surface area contributed by atoms with Gasteiger partial charge in [-0.2, -0.15) is 13.2 Å². The van der Waals surface area contributed by atoms with Crippen molar-refractivity contribution >= 4 is 5.95 Å². The molecule has 94 valence electrons. The van der Waals surface area contributed by atoms with Crippen molar-refractivity contribution < 1.29 is 13.2 Å². The van der Waals surface area contributed by atoms with Gasteiger partial charge in [-0.1, -0.05) is 12.1 Å². The predicted octanol–water partition coefficient (Wildman–Crippen LogP) is 3.20. The van der Waals surface area contributed by atoms with Crippen molar-refractivity contribution in [2.75, 3.05) is 12.4 Å². The highest BCUT2D eigenvalue weighted by molar-refractivity contribution is 5.62. The lowest BCUT2D eigenvalue weighted by Gasteiger charge is -2.07. The first-order chi connectivity index (χ1) is 8.50. The molecule has 0 aliphatic rings. The fourth-order valence-corrected chi connectivity index (χ4v) is 1.46. The maximum absolute atomic E-state index is 12.4. The molecule has 0 saturated carbocycles. The molecule has 2 aromatic rings. The monoisotopic (exact) mass is 253 g/mol. The molecule has 0 bridgehead atoms. The minimum Gasteiger partial charge on any atom is -0.357 e. The van der Waals surface area contributed by atoms with E-state index in [9.17, 15) is 13.2 Å². The average molecular weight is 253 g/mol.